The Labute approximate surface area is 115 Å². The van der Waals surface area contributed by atoms with Gasteiger partial charge in [0.1, 0.15) is 0 Å². The summed E-state index contributed by atoms with van der Waals surface area (Å²) < 4.78 is 0. The van der Waals surface area contributed by atoms with E-state index in [0.717, 1.165) is 25.8 Å². The number of carbonyl (C=O) groups excluding carboxylic acids is 1. The average molecular weight is 257 g/mol. The smallest absolute Gasteiger partial charge is 0.155 e. The van der Waals surface area contributed by atoms with Crippen molar-refractivity contribution >= 4 is 11.5 Å². The number of nitrogens with zero attached hydrogens (tertiary/aromatic N) is 1. The number of carbonyl (C=O) groups is 1. The molecule has 1 fully saturated rings. The van der Waals surface area contributed by atoms with Crippen LogP contribution in [0.15, 0.2) is 24.3 Å². The van der Waals surface area contributed by atoms with E-state index in [9.17, 15) is 4.79 Å². The largest absolute Gasteiger partial charge is 0.364 e. The lowest BCUT2D eigenvalue weighted by molar-refractivity contribution is -0.121. The minimum atomic E-state index is 0.343. The first-order valence-electron chi connectivity index (χ1n) is 7.70. The third kappa shape index (κ3) is 2.83. The van der Waals surface area contributed by atoms with Crippen LogP contribution < -0.4 is 4.90 Å². The van der Waals surface area contributed by atoms with Crippen LogP contribution in [0.5, 0.6) is 0 Å². The molecule has 1 aliphatic heterocycles. The quantitative estimate of drug-likeness (QED) is 0.824. The number of Topliss-reactive ketones (excluding diaryl/α,β-unsaturated/α-hetero) is 1. The van der Waals surface area contributed by atoms with E-state index in [4.69, 9.17) is 0 Å². The van der Waals surface area contributed by atoms with Crippen molar-refractivity contribution < 1.29 is 4.79 Å². The molecular formula is C17H23NO. The molecule has 1 aliphatic carbocycles. The maximum atomic E-state index is 12.4. The molecule has 0 amide bonds. The maximum absolute atomic E-state index is 12.4. The highest BCUT2D eigenvalue weighted by atomic mass is 16.1. The average Bonchev–Trinajstić information content (AvgIpc) is 2.90. The highest BCUT2D eigenvalue weighted by Crippen LogP contribution is 2.29. The maximum Gasteiger partial charge on any atom is 0.155 e. The van der Waals surface area contributed by atoms with Gasteiger partial charge in [-0.1, -0.05) is 31.0 Å². The van der Waals surface area contributed by atoms with Gasteiger partial charge in [-0.2, -0.15) is 0 Å². The molecule has 3 rings (SSSR count). The molecule has 2 aliphatic rings. The molecule has 0 spiro atoms. The molecule has 1 aromatic carbocycles. The van der Waals surface area contributed by atoms with Gasteiger partial charge < -0.3 is 4.90 Å². The topological polar surface area (TPSA) is 20.3 Å². The Morgan fingerprint density at radius 3 is 2.74 bits per heavy atom. The molecule has 19 heavy (non-hydrogen) atoms. The summed E-state index contributed by atoms with van der Waals surface area (Å²) in [7, 11) is 0. The zero-order valence-electron chi connectivity index (χ0n) is 11.6. The molecule has 0 unspecified atom stereocenters. The Balaban J connectivity index is 1.74. The standard InChI is InChI=1S/C17H23NO/c19-17(15-9-1-2-10-15)13-18-12-6-5-8-14-7-3-4-11-16(14)18/h3-4,7,11,15H,1-2,5-6,8-10,12-13H2. The number of ketones is 1. The van der Waals surface area contributed by atoms with E-state index in [2.05, 4.69) is 29.2 Å². The van der Waals surface area contributed by atoms with E-state index >= 15 is 0 Å². The summed E-state index contributed by atoms with van der Waals surface area (Å²) in [4.78, 5) is 14.7. The van der Waals surface area contributed by atoms with Gasteiger partial charge in [0.2, 0.25) is 0 Å². The summed E-state index contributed by atoms with van der Waals surface area (Å²) >= 11 is 0. The predicted octanol–water partition coefficient (Wildman–Crippen LogP) is 3.59. The number of hydrogen-bond donors (Lipinski definition) is 0. The van der Waals surface area contributed by atoms with Gasteiger partial charge in [-0.25, -0.2) is 0 Å². The third-order valence-electron chi connectivity index (χ3n) is 4.61. The second-order valence-corrected chi connectivity index (χ2v) is 5.96. The Morgan fingerprint density at radius 1 is 1.11 bits per heavy atom. The second kappa shape index (κ2) is 5.77. The van der Waals surface area contributed by atoms with Crippen LogP contribution in [0, 0.1) is 5.92 Å². The summed E-state index contributed by atoms with van der Waals surface area (Å²) in [5.41, 5.74) is 2.71. The van der Waals surface area contributed by atoms with E-state index in [-0.39, 0.29) is 0 Å². The monoisotopic (exact) mass is 257 g/mol. The van der Waals surface area contributed by atoms with Crippen molar-refractivity contribution in [2.45, 2.75) is 44.9 Å². The SMILES string of the molecule is O=C(CN1CCCCc2ccccc21)C1CCCC1. The van der Waals surface area contributed by atoms with Crippen LogP contribution in [0.3, 0.4) is 0 Å². The molecule has 0 atom stereocenters. The Kier molecular flexibility index (Phi) is 3.86. The molecule has 2 nitrogen and oxygen atoms in total. The lowest BCUT2D eigenvalue weighted by Crippen LogP contribution is -2.33. The van der Waals surface area contributed by atoms with Crippen molar-refractivity contribution in [3.8, 4) is 0 Å². The van der Waals surface area contributed by atoms with Crippen LogP contribution in [-0.2, 0) is 11.2 Å². The first-order valence-corrected chi connectivity index (χ1v) is 7.70. The first kappa shape index (κ1) is 12.7. The van der Waals surface area contributed by atoms with Crippen LogP contribution in [0.2, 0.25) is 0 Å². The van der Waals surface area contributed by atoms with Gasteiger partial charge in [-0.3, -0.25) is 4.79 Å². The van der Waals surface area contributed by atoms with Crippen molar-refractivity contribution in [3.63, 3.8) is 0 Å². The van der Waals surface area contributed by atoms with Crippen LogP contribution in [-0.4, -0.2) is 18.9 Å². The van der Waals surface area contributed by atoms with E-state index in [0.29, 0.717) is 18.2 Å². The van der Waals surface area contributed by atoms with E-state index in [1.807, 2.05) is 0 Å². The highest BCUT2D eigenvalue weighted by Gasteiger charge is 2.25. The summed E-state index contributed by atoms with van der Waals surface area (Å²) in [5.74, 6) is 0.810. The van der Waals surface area contributed by atoms with E-state index in [1.54, 1.807) is 0 Å². The summed E-state index contributed by atoms with van der Waals surface area (Å²) in [6.07, 6.45) is 8.32. The molecule has 0 saturated heterocycles. The molecule has 1 heterocycles. The molecule has 1 aromatic rings. The highest BCUT2D eigenvalue weighted by molar-refractivity contribution is 5.86. The molecule has 0 radical (unpaired) electrons. The molecule has 2 heteroatoms. The molecule has 1 saturated carbocycles. The Bertz CT molecular complexity index is 448. The van der Waals surface area contributed by atoms with E-state index < -0.39 is 0 Å². The lowest BCUT2D eigenvalue weighted by Gasteiger charge is -2.25. The summed E-state index contributed by atoms with van der Waals surface area (Å²) in [6, 6.07) is 8.61. The van der Waals surface area contributed by atoms with Gasteiger partial charge in [-0.05, 0) is 43.7 Å². The van der Waals surface area contributed by atoms with Crippen molar-refractivity contribution in [3.05, 3.63) is 29.8 Å². The third-order valence-corrected chi connectivity index (χ3v) is 4.61. The van der Waals surface area contributed by atoms with Gasteiger partial charge in [0.25, 0.3) is 0 Å². The Hall–Kier alpha value is -1.31. The summed E-state index contributed by atoms with van der Waals surface area (Å²) in [6.45, 7) is 1.66. The fraction of sp³-hybridized carbons (Fsp3) is 0.588. The van der Waals surface area contributed by atoms with Crippen molar-refractivity contribution in [2.75, 3.05) is 18.0 Å². The number of aryl methyl sites for hydroxylation is 1. The van der Waals surface area contributed by atoms with Gasteiger partial charge in [-0.15, -0.1) is 0 Å². The zero-order valence-corrected chi connectivity index (χ0v) is 11.6. The van der Waals surface area contributed by atoms with E-state index in [1.165, 1.54) is 36.9 Å². The second-order valence-electron chi connectivity index (χ2n) is 5.96. The van der Waals surface area contributed by atoms with Gasteiger partial charge in [0.05, 0.1) is 6.54 Å². The van der Waals surface area contributed by atoms with Crippen molar-refractivity contribution in [1.29, 1.82) is 0 Å². The number of para-hydroxylation sites is 1. The lowest BCUT2D eigenvalue weighted by atomic mass is 10.0. The van der Waals surface area contributed by atoms with Crippen LogP contribution in [0.25, 0.3) is 0 Å². The molecule has 0 bridgehead atoms. The van der Waals surface area contributed by atoms with Gasteiger partial charge >= 0.3 is 0 Å². The minimum absolute atomic E-state index is 0.343. The van der Waals surface area contributed by atoms with Crippen molar-refractivity contribution in [2.24, 2.45) is 5.92 Å². The molecular weight excluding hydrogens is 234 g/mol. The van der Waals surface area contributed by atoms with Crippen LogP contribution in [0.1, 0.15) is 44.1 Å². The molecule has 0 aromatic heterocycles. The number of benzene rings is 1. The normalized spacial score (nSPS) is 20.1. The zero-order chi connectivity index (χ0) is 13.1. The first-order chi connectivity index (χ1) is 9.34. The van der Waals surface area contributed by atoms with Gasteiger partial charge in [0.15, 0.2) is 5.78 Å². The van der Waals surface area contributed by atoms with Crippen LogP contribution >= 0.6 is 0 Å². The molecule has 102 valence electrons. The minimum Gasteiger partial charge on any atom is -0.364 e. The number of rotatable bonds is 3. The van der Waals surface area contributed by atoms with Gasteiger partial charge in [0, 0.05) is 18.2 Å². The predicted molar refractivity (Wildman–Crippen MR) is 78.6 cm³/mol. The van der Waals surface area contributed by atoms with Crippen molar-refractivity contribution in [1.82, 2.24) is 0 Å². The Morgan fingerprint density at radius 2 is 1.89 bits per heavy atom. The number of hydrogen-bond acceptors (Lipinski definition) is 2. The fourth-order valence-electron chi connectivity index (χ4n) is 3.50. The molecule has 0 N–H and O–H groups in total. The summed E-state index contributed by atoms with van der Waals surface area (Å²) in [5, 5.41) is 0. The van der Waals surface area contributed by atoms with Crippen LogP contribution in [0.4, 0.5) is 5.69 Å². The fourth-order valence-corrected chi connectivity index (χ4v) is 3.50. The number of anilines is 1. The number of fused-ring (bicyclic) bond motifs is 1.